The fraction of sp³-hybridized carbons (Fsp3) is 0.625. The summed E-state index contributed by atoms with van der Waals surface area (Å²) in [5, 5.41) is 3.56. The first-order valence-corrected chi connectivity index (χ1v) is 7.21. The Morgan fingerprint density at radius 3 is 2.30 bits per heavy atom. The second-order valence-corrected chi connectivity index (χ2v) is 5.23. The second-order valence-electron chi connectivity index (χ2n) is 5.23. The molecule has 20 heavy (non-hydrogen) atoms. The molecule has 0 saturated heterocycles. The van der Waals surface area contributed by atoms with Crippen molar-refractivity contribution in [3.8, 4) is 11.5 Å². The van der Waals surface area contributed by atoms with Crippen LogP contribution in [0.3, 0.4) is 0 Å². The molecule has 1 aromatic rings. The molecule has 1 saturated carbocycles. The first kappa shape index (κ1) is 15.1. The van der Waals surface area contributed by atoms with Crippen molar-refractivity contribution in [3.63, 3.8) is 0 Å². The first-order chi connectivity index (χ1) is 9.70. The van der Waals surface area contributed by atoms with Crippen molar-refractivity contribution in [1.29, 1.82) is 0 Å². The average Bonchev–Trinajstić information content (AvgIpc) is 2.45. The highest BCUT2D eigenvalue weighted by atomic mass is 16.5. The van der Waals surface area contributed by atoms with E-state index >= 15 is 0 Å². The van der Waals surface area contributed by atoms with Gasteiger partial charge in [0.2, 0.25) is 0 Å². The van der Waals surface area contributed by atoms with Gasteiger partial charge < -0.3 is 19.5 Å². The molecule has 1 aromatic carbocycles. The molecule has 1 N–H and O–H groups in total. The highest BCUT2D eigenvalue weighted by molar-refractivity contribution is 5.44. The maximum Gasteiger partial charge on any atom is 0.161 e. The van der Waals surface area contributed by atoms with Crippen LogP contribution in [0.2, 0.25) is 0 Å². The van der Waals surface area contributed by atoms with Crippen molar-refractivity contribution in [1.82, 2.24) is 5.32 Å². The fourth-order valence-electron chi connectivity index (χ4n) is 2.98. The molecule has 1 unspecified atom stereocenters. The average molecular weight is 279 g/mol. The predicted octanol–water partition coefficient (Wildman–Crippen LogP) is 2.92. The van der Waals surface area contributed by atoms with Gasteiger partial charge in [0.1, 0.15) is 0 Å². The van der Waals surface area contributed by atoms with Gasteiger partial charge in [-0.3, -0.25) is 0 Å². The molecule has 1 atom stereocenters. The third kappa shape index (κ3) is 2.63. The van der Waals surface area contributed by atoms with Crippen molar-refractivity contribution in [2.75, 3.05) is 27.9 Å². The third-order valence-corrected chi connectivity index (χ3v) is 4.28. The van der Waals surface area contributed by atoms with Crippen LogP contribution in [0.4, 0.5) is 0 Å². The minimum absolute atomic E-state index is 0.0877. The van der Waals surface area contributed by atoms with Gasteiger partial charge in [-0.25, -0.2) is 0 Å². The molecule has 0 heterocycles. The van der Waals surface area contributed by atoms with Crippen LogP contribution in [0.5, 0.6) is 11.5 Å². The van der Waals surface area contributed by atoms with Crippen LogP contribution in [0.1, 0.15) is 37.8 Å². The first-order valence-electron chi connectivity index (χ1n) is 7.21. The molecule has 0 aliphatic heterocycles. The van der Waals surface area contributed by atoms with Crippen molar-refractivity contribution in [2.45, 2.75) is 37.8 Å². The lowest BCUT2D eigenvalue weighted by molar-refractivity contribution is -0.0995. The second kappa shape index (κ2) is 6.46. The fourth-order valence-corrected chi connectivity index (χ4v) is 2.98. The molecule has 1 aliphatic carbocycles. The van der Waals surface area contributed by atoms with Gasteiger partial charge in [0, 0.05) is 7.11 Å². The van der Waals surface area contributed by atoms with Crippen LogP contribution in [-0.4, -0.2) is 33.5 Å². The smallest absolute Gasteiger partial charge is 0.161 e. The Kier molecular flexibility index (Phi) is 4.89. The predicted molar refractivity (Wildman–Crippen MR) is 79.6 cm³/mol. The number of hydrogen-bond acceptors (Lipinski definition) is 4. The van der Waals surface area contributed by atoms with Crippen molar-refractivity contribution < 1.29 is 14.2 Å². The number of ether oxygens (including phenoxy) is 3. The Morgan fingerprint density at radius 2 is 1.85 bits per heavy atom. The lowest BCUT2D eigenvalue weighted by Gasteiger charge is -2.47. The van der Waals surface area contributed by atoms with E-state index in [0.29, 0.717) is 0 Å². The number of likely N-dealkylation sites (N-methyl/N-ethyl adjacent to an activating group) is 1. The van der Waals surface area contributed by atoms with Crippen LogP contribution in [0.15, 0.2) is 18.2 Å². The molecule has 0 aromatic heterocycles. The lowest BCUT2D eigenvalue weighted by Crippen LogP contribution is -2.50. The Balaban J connectivity index is 2.34. The number of nitrogens with one attached hydrogen (secondary N) is 1. The lowest BCUT2D eigenvalue weighted by atomic mass is 9.72. The van der Waals surface area contributed by atoms with Gasteiger partial charge in [0.05, 0.1) is 25.9 Å². The van der Waals surface area contributed by atoms with Gasteiger partial charge in [-0.05, 0) is 43.5 Å². The minimum atomic E-state index is -0.0877. The largest absolute Gasteiger partial charge is 0.493 e. The van der Waals surface area contributed by atoms with Gasteiger partial charge >= 0.3 is 0 Å². The van der Waals surface area contributed by atoms with Crippen LogP contribution in [0.25, 0.3) is 0 Å². The monoisotopic (exact) mass is 279 g/mol. The third-order valence-electron chi connectivity index (χ3n) is 4.28. The molecule has 0 amide bonds. The van der Waals surface area contributed by atoms with Crippen molar-refractivity contribution >= 4 is 0 Å². The quantitative estimate of drug-likeness (QED) is 0.833. The van der Waals surface area contributed by atoms with Gasteiger partial charge in [-0.1, -0.05) is 13.0 Å². The summed E-state index contributed by atoms with van der Waals surface area (Å²) in [7, 11) is 5.13. The van der Waals surface area contributed by atoms with E-state index in [9.17, 15) is 0 Å². The van der Waals surface area contributed by atoms with Gasteiger partial charge in [0.15, 0.2) is 11.5 Å². The summed E-state index contributed by atoms with van der Waals surface area (Å²) < 4.78 is 16.6. The Hall–Kier alpha value is -1.26. The van der Waals surface area contributed by atoms with Crippen LogP contribution in [0, 0.1) is 0 Å². The number of hydrogen-bond donors (Lipinski definition) is 1. The van der Waals surface area contributed by atoms with E-state index in [1.807, 2.05) is 19.2 Å². The number of methoxy groups -OCH3 is 3. The Morgan fingerprint density at radius 1 is 1.15 bits per heavy atom. The molecular weight excluding hydrogens is 254 g/mol. The molecule has 0 spiro atoms. The molecule has 1 aliphatic rings. The van der Waals surface area contributed by atoms with Gasteiger partial charge in [0.25, 0.3) is 0 Å². The summed E-state index contributed by atoms with van der Waals surface area (Å²) in [6, 6.07) is 6.28. The van der Waals surface area contributed by atoms with Crippen LogP contribution >= 0.6 is 0 Å². The summed E-state index contributed by atoms with van der Waals surface area (Å²) in [4.78, 5) is 0. The molecular formula is C16H25NO3. The summed E-state index contributed by atoms with van der Waals surface area (Å²) in [6.45, 7) is 3.03. The van der Waals surface area contributed by atoms with Crippen molar-refractivity contribution in [3.05, 3.63) is 23.8 Å². The van der Waals surface area contributed by atoms with E-state index in [-0.39, 0.29) is 11.6 Å². The topological polar surface area (TPSA) is 39.7 Å². The summed E-state index contributed by atoms with van der Waals surface area (Å²) in [5.74, 6) is 1.52. The zero-order chi connectivity index (χ0) is 14.6. The maximum atomic E-state index is 5.84. The summed E-state index contributed by atoms with van der Waals surface area (Å²) >= 11 is 0. The van der Waals surface area contributed by atoms with Crippen LogP contribution in [-0.2, 0) is 4.74 Å². The summed E-state index contributed by atoms with van der Waals surface area (Å²) in [5.41, 5.74) is 1.10. The Labute approximate surface area is 121 Å². The zero-order valence-corrected chi connectivity index (χ0v) is 12.9. The molecule has 4 heteroatoms. The molecule has 0 radical (unpaired) electrons. The standard InChI is InChI=1S/C16H25NO3/c1-5-17-15(16(20-4)9-6-10-16)12-7-8-13(18-2)14(11-12)19-3/h7-8,11,15,17H,5-6,9-10H2,1-4H3. The minimum Gasteiger partial charge on any atom is -0.493 e. The zero-order valence-electron chi connectivity index (χ0n) is 12.9. The number of rotatable bonds is 7. The summed E-state index contributed by atoms with van der Waals surface area (Å²) in [6.07, 6.45) is 3.41. The molecule has 1 fully saturated rings. The SMILES string of the molecule is CCNC(c1ccc(OC)c(OC)c1)C1(OC)CCC1. The highest BCUT2D eigenvalue weighted by Crippen LogP contribution is 2.46. The van der Waals surface area contributed by atoms with E-state index in [1.54, 1.807) is 14.2 Å². The normalized spacial score (nSPS) is 18.2. The van der Waals surface area contributed by atoms with E-state index in [0.717, 1.165) is 30.9 Å². The van der Waals surface area contributed by atoms with E-state index in [1.165, 1.54) is 12.0 Å². The molecule has 112 valence electrons. The molecule has 4 nitrogen and oxygen atoms in total. The maximum absolute atomic E-state index is 5.84. The van der Waals surface area contributed by atoms with Crippen LogP contribution < -0.4 is 14.8 Å². The Bertz CT molecular complexity index is 438. The van der Waals surface area contributed by atoms with E-state index in [4.69, 9.17) is 14.2 Å². The van der Waals surface area contributed by atoms with Crippen molar-refractivity contribution in [2.24, 2.45) is 0 Å². The highest BCUT2D eigenvalue weighted by Gasteiger charge is 2.45. The van der Waals surface area contributed by atoms with Gasteiger partial charge in [-0.2, -0.15) is 0 Å². The van der Waals surface area contributed by atoms with E-state index in [2.05, 4.69) is 18.3 Å². The number of benzene rings is 1. The van der Waals surface area contributed by atoms with Gasteiger partial charge in [-0.15, -0.1) is 0 Å². The molecule has 2 rings (SSSR count). The van der Waals surface area contributed by atoms with E-state index < -0.39 is 0 Å². The molecule has 0 bridgehead atoms.